The monoisotopic (exact) mass is 304 g/mol. The number of nitrogens with zero attached hydrogens (tertiary/aromatic N) is 1. The maximum atomic E-state index is 12.9. The minimum absolute atomic E-state index is 0.0379. The van der Waals surface area contributed by atoms with Crippen LogP contribution in [0.25, 0.3) is 0 Å². The van der Waals surface area contributed by atoms with E-state index >= 15 is 0 Å². The summed E-state index contributed by atoms with van der Waals surface area (Å²) in [7, 11) is 0. The Morgan fingerprint density at radius 2 is 1.95 bits per heavy atom. The van der Waals surface area contributed by atoms with Crippen molar-refractivity contribution in [3.05, 3.63) is 59.5 Å². The number of carbonyl (C=O) groups is 1. The molecule has 1 aromatic heterocycles. The third-order valence-corrected chi connectivity index (χ3v) is 3.24. The van der Waals surface area contributed by atoms with E-state index in [-0.39, 0.29) is 24.0 Å². The molecule has 1 unspecified atom stereocenters. The smallest absolute Gasteiger partial charge is 0.354 e. The molecule has 0 aliphatic rings. The zero-order chi connectivity index (χ0) is 15.9. The van der Waals surface area contributed by atoms with Crippen LogP contribution in [-0.4, -0.2) is 34.3 Å². The summed E-state index contributed by atoms with van der Waals surface area (Å²) in [6.45, 7) is 0.396. The predicted molar refractivity (Wildman–Crippen MR) is 80.4 cm³/mol. The van der Waals surface area contributed by atoms with Gasteiger partial charge in [-0.2, -0.15) is 0 Å². The van der Waals surface area contributed by atoms with Crippen molar-refractivity contribution in [2.75, 3.05) is 18.5 Å². The first-order valence-electron chi connectivity index (χ1n) is 6.88. The minimum atomic E-state index is -1.09. The van der Waals surface area contributed by atoms with Crippen molar-refractivity contribution in [3.8, 4) is 0 Å². The molecule has 0 saturated heterocycles. The van der Waals surface area contributed by atoms with Gasteiger partial charge in [-0.3, -0.25) is 0 Å². The SMILES string of the molecule is O=C(O)c1cccc(NCC(CO)Cc2ccc(F)cc2)n1. The molecule has 0 fully saturated rings. The van der Waals surface area contributed by atoms with Gasteiger partial charge in [0.25, 0.3) is 0 Å². The molecular formula is C16H17FN2O3. The fourth-order valence-corrected chi connectivity index (χ4v) is 2.06. The van der Waals surface area contributed by atoms with Crippen molar-refractivity contribution in [2.45, 2.75) is 6.42 Å². The molecule has 0 bridgehead atoms. The first kappa shape index (κ1) is 15.9. The van der Waals surface area contributed by atoms with E-state index in [4.69, 9.17) is 5.11 Å². The molecule has 2 aromatic rings. The molecule has 0 amide bonds. The third-order valence-electron chi connectivity index (χ3n) is 3.24. The Balaban J connectivity index is 1.94. The maximum absolute atomic E-state index is 12.9. The first-order chi connectivity index (χ1) is 10.6. The minimum Gasteiger partial charge on any atom is -0.477 e. The summed E-state index contributed by atoms with van der Waals surface area (Å²) in [4.78, 5) is 14.8. The maximum Gasteiger partial charge on any atom is 0.354 e. The number of aromatic nitrogens is 1. The molecular weight excluding hydrogens is 287 g/mol. The van der Waals surface area contributed by atoms with Crippen molar-refractivity contribution in [2.24, 2.45) is 5.92 Å². The van der Waals surface area contributed by atoms with Gasteiger partial charge in [0.15, 0.2) is 5.69 Å². The fourth-order valence-electron chi connectivity index (χ4n) is 2.06. The number of benzene rings is 1. The second kappa shape index (κ2) is 7.51. The molecule has 0 radical (unpaired) electrons. The van der Waals surface area contributed by atoms with Gasteiger partial charge in [0.1, 0.15) is 11.6 Å². The van der Waals surface area contributed by atoms with Crippen LogP contribution in [0.2, 0.25) is 0 Å². The Morgan fingerprint density at radius 1 is 1.23 bits per heavy atom. The molecule has 116 valence electrons. The molecule has 0 aliphatic carbocycles. The van der Waals surface area contributed by atoms with E-state index in [9.17, 15) is 14.3 Å². The van der Waals surface area contributed by atoms with E-state index in [0.29, 0.717) is 18.8 Å². The molecule has 3 N–H and O–H groups in total. The number of anilines is 1. The highest BCUT2D eigenvalue weighted by atomic mass is 19.1. The summed E-state index contributed by atoms with van der Waals surface area (Å²) >= 11 is 0. The van der Waals surface area contributed by atoms with Crippen LogP contribution in [0.4, 0.5) is 10.2 Å². The topological polar surface area (TPSA) is 82.5 Å². The zero-order valence-corrected chi connectivity index (χ0v) is 11.9. The van der Waals surface area contributed by atoms with E-state index < -0.39 is 5.97 Å². The van der Waals surface area contributed by atoms with Gasteiger partial charge in [-0.15, -0.1) is 0 Å². The molecule has 1 heterocycles. The molecule has 0 spiro atoms. The van der Waals surface area contributed by atoms with Gasteiger partial charge >= 0.3 is 5.97 Å². The Bertz CT molecular complexity index is 632. The van der Waals surface area contributed by atoms with Crippen LogP contribution in [-0.2, 0) is 6.42 Å². The highest BCUT2D eigenvalue weighted by molar-refractivity contribution is 5.85. The number of aliphatic hydroxyl groups is 1. The molecule has 0 saturated carbocycles. The summed E-state index contributed by atoms with van der Waals surface area (Å²) in [5, 5.41) is 21.3. The van der Waals surface area contributed by atoms with Gasteiger partial charge in [0.2, 0.25) is 0 Å². The van der Waals surface area contributed by atoms with Crippen LogP contribution in [0.1, 0.15) is 16.1 Å². The molecule has 22 heavy (non-hydrogen) atoms. The Morgan fingerprint density at radius 3 is 2.59 bits per heavy atom. The number of rotatable bonds is 7. The Labute approximate surface area is 127 Å². The number of hydrogen-bond donors (Lipinski definition) is 3. The normalized spacial score (nSPS) is 11.9. The molecule has 2 rings (SSSR count). The van der Waals surface area contributed by atoms with Crippen LogP contribution in [0, 0.1) is 11.7 Å². The average molecular weight is 304 g/mol. The highest BCUT2D eigenvalue weighted by Gasteiger charge is 2.10. The second-order valence-corrected chi connectivity index (χ2v) is 4.97. The lowest BCUT2D eigenvalue weighted by Gasteiger charge is -2.15. The third kappa shape index (κ3) is 4.53. The lowest BCUT2D eigenvalue weighted by Crippen LogP contribution is -2.21. The fraction of sp³-hybridized carbons (Fsp3) is 0.250. The number of carboxylic acids is 1. The quantitative estimate of drug-likeness (QED) is 0.730. The van der Waals surface area contributed by atoms with Crippen molar-refractivity contribution in [1.29, 1.82) is 0 Å². The van der Waals surface area contributed by atoms with Gasteiger partial charge < -0.3 is 15.5 Å². The number of nitrogens with one attached hydrogen (secondary N) is 1. The van der Waals surface area contributed by atoms with E-state index in [0.717, 1.165) is 5.56 Å². The number of carboxylic acid groups (broad SMARTS) is 1. The number of aromatic carboxylic acids is 1. The number of hydrogen-bond acceptors (Lipinski definition) is 4. The van der Waals surface area contributed by atoms with Crippen molar-refractivity contribution < 1.29 is 19.4 Å². The highest BCUT2D eigenvalue weighted by Crippen LogP contribution is 2.12. The van der Waals surface area contributed by atoms with Crippen LogP contribution in [0.15, 0.2) is 42.5 Å². The lowest BCUT2D eigenvalue weighted by molar-refractivity contribution is 0.0690. The van der Waals surface area contributed by atoms with Gasteiger partial charge in [0, 0.05) is 19.1 Å². The Kier molecular flexibility index (Phi) is 5.43. The molecule has 5 nitrogen and oxygen atoms in total. The number of pyridine rings is 1. The number of halogens is 1. The van der Waals surface area contributed by atoms with Crippen LogP contribution < -0.4 is 5.32 Å². The van der Waals surface area contributed by atoms with E-state index in [1.54, 1.807) is 24.3 Å². The van der Waals surface area contributed by atoms with E-state index in [1.807, 2.05) is 0 Å². The average Bonchev–Trinajstić information content (AvgIpc) is 2.53. The Hall–Kier alpha value is -2.47. The number of aliphatic hydroxyl groups excluding tert-OH is 1. The van der Waals surface area contributed by atoms with Gasteiger partial charge in [-0.1, -0.05) is 18.2 Å². The van der Waals surface area contributed by atoms with Crippen molar-refractivity contribution in [3.63, 3.8) is 0 Å². The van der Waals surface area contributed by atoms with E-state index in [1.165, 1.54) is 18.2 Å². The standard InChI is InChI=1S/C16H17FN2O3/c17-13-6-4-11(5-7-13)8-12(10-20)9-18-15-3-1-2-14(19-15)16(21)22/h1-7,12,20H,8-10H2,(H,18,19)(H,21,22). The summed E-state index contributed by atoms with van der Waals surface area (Å²) < 4.78 is 12.9. The molecule has 1 aromatic carbocycles. The summed E-state index contributed by atoms with van der Waals surface area (Å²) in [6.07, 6.45) is 0.586. The van der Waals surface area contributed by atoms with Gasteiger partial charge in [-0.25, -0.2) is 14.2 Å². The van der Waals surface area contributed by atoms with E-state index in [2.05, 4.69) is 10.3 Å². The molecule has 1 atom stereocenters. The second-order valence-electron chi connectivity index (χ2n) is 4.97. The molecule has 0 aliphatic heterocycles. The van der Waals surface area contributed by atoms with Crippen LogP contribution >= 0.6 is 0 Å². The van der Waals surface area contributed by atoms with Gasteiger partial charge in [-0.05, 0) is 36.2 Å². The van der Waals surface area contributed by atoms with Gasteiger partial charge in [0.05, 0.1) is 0 Å². The van der Waals surface area contributed by atoms with Crippen molar-refractivity contribution in [1.82, 2.24) is 4.98 Å². The first-order valence-corrected chi connectivity index (χ1v) is 6.88. The largest absolute Gasteiger partial charge is 0.477 e. The summed E-state index contributed by atoms with van der Waals surface area (Å²) in [5.74, 6) is -1.02. The zero-order valence-electron chi connectivity index (χ0n) is 11.9. The summed E-state index contributed by atoms with van der Waals surface area (Å²) in [6, 6.07) is 10.8. The predicted octanol–water partition coefficient (Wildman–Crippen LogP) is 2.18. The van der Waals surface area contributed by atoms with Crippen LogP contribution in [0.3, 0.4) is 0 Å². The lowest BCUT2D eigenvalue weighted by atomic mass is 10.00. The summed E-state index contributed by atoms with van der Waals surface area (Å²) in [5.41, 5.74) is 0.888. The molecule has 6 heteroatoms. The van der Waals surface area contributed by atoms with Crippen molar-refractivity contribution >= 4 is 11.8 Å². The van der Waals surface area contributed by atoms with Crippen LogP contribution in [0.5, 0.6) is 0 Å².